The van der Waals surface area contributed by atoms with Gasteiger partial charge in [-0.1, -0.05) is 30.3 Å². The molecule has 0 saturated carbocycles. The van der Waals surface area contributed by atoms with Crippen LogP contribution >= 0.6 is 0 Å². The Morgan fingerprint density at radius 3 is 2.83 bits per heavy atom. The average molecular weight is 321 g/mol. The van der Waals surface area contributed by atoms with Crippen molar-refractivity contribution in [2.24, 2.45) is 0 Å². The molecule has 1 spiro atoms. The summed E-state index contributed by atoms with van der Waals surface area (Å²) in [5.74, 6) is 0. The molecule has 3 atom stereocenters. The fourth-order valence-electron chi connectivity index (χ4n) is 3.30. The van der Waals surface area contributed by atoms with E-state index in [-0.39, 0.29) is 19.3 Å². The standard InChI is InChI=1S/C17H23NO5/c19-14-9-17(23-11-15(14)20)7-4-8-18(12-17)16(21)22-10-13-5-2-1-3-6-13/h1-3,5-6,14-15,19-20H,4,7-12H2/t14-,15+,17?/m0/s1. The first-order chi connectivity index (χ1) is 11.1. The Balaban J connectivity index is 1.56. The smallest absolute Gasteiger partial charge is 0.410 e. The molecule has 1 unspecified atom stereocenters. The minimum atomic E-state index is -0.846. The normalized spacial score (nSPS) is 31.1. The summed E-state index contributed by atoms with van der Waals surface area (Å²) in [6.45, 7) is 1.36. The second-order valence-corrected chi connectivity index (χ2v) is 6.40. The van der Waals surface area contributed by atoms with E-state index in [0.717, 1.165) is 18.4 Å². The highest BCUT2D eigenvalue weighted by molar-refractivity contribution is 5.68. The second kappa shape index (κ2) is 6.86. The number of aliphatic hydroxyl groups excluding tert-OH is 2. The van der Waals surface area contributed by atoms with Crippen LogP contribution < -0.4 is 0 Å². The monoisotopic (exact) mass is 321 g/mol. The van der Waals surface area contributed by atoms with Gasteiger partial charge in [-0.05, 0) is 18.4 Å². The number of amides is 1. The summed E-state index contributed by atoms with van der Waals surface area (Å²) in [7, 11) is 0. The highest BCUT2D eigenvalue weighted by Crippen LogP contribution is 2.34. The zero-order valence-corrected chi connectivity index (χ0v) is 13.1. The van der Waals surface area contributed by atoms with Crippen molar-refractivity contribution in [1.29, 1.82) is 0 Å². The molecule has 0 bridgehead atoms. The van der Waals surface area contributed by atoms with Crippen molar-refractivity contribution in [3.05, 3.63) is 35.9 Å². The van der Waals surface area contributed by atoms with E-state index >= 15 is 0 Å². The number of ether oxygens (including phenoxy) is 2. The fraction of sp³-hybridized carbons (Fsp3) is 0.588. The lowest BCUT2D eigenvalue weighted by molar-refractivity contribution is -0.187. The minimum absolute atomic E-state index is 0.105. The Bertz CT molecular complexity index is 537. The third kappa shape index (κ3) is 3.83. The van der Waals surface area contributed by atoms with Crippen molar-refractivity contribution in [2.75, 3.05) is 19.7 Å². The number of hydrogen-bond acceptors (Lipinski definition) is 5. The summed E-state index contributed by atoms with van der Waals surface area (Å²) in [6.07, 6.45) is -0.0960. The molecule has 1 aromatic carbocycles. The molecule has 0 aromatic heterocycles. The molecule has 6 nitrogen and oxygen atoms in total. The van der Waals surface area contributed by atoms with Gasteiger partial charge in [0.15, 0.2) is 0 Å². The van der Waals surface area contributed by atoms with Crippen LogP contribution in [-0.4, -0.2) is 58.7 Å². The van der Waals surface area contributed by atoms with Crippen LogP contribution in [-0.2, 0) is 16.1 Å². The Labute approximate surface area is 135 Å². The number of benzene rings is 1. The largest absolute Gasteiger partial charge is 0.445 e. The third-order valence-electron chi connectivity index (χ3n) is 4.59. The van der Waals surface area contributed by atoms with Crippen LogP contribution in [0.2, 0.25) is 0 Å². The van der Waals surface area contributed by atoms with E-state index in [9.17, 15) is 15.0 Å². The molecule has 2 fully saturated rings. The van der Waals surface area contributed by atoms with Crippen molar-refractivity contribution in [3.8, 4) is 0 Å². The van der Waals surface area contributed by atoms with Crippen molar-refractivity contribution < 1.29 is 24.5 Å². The molecule has 1 aromatic rings. The lowest BCUT2D eigenvalue weighted by Crippen LogP contribution is -2.58. The first kappa shape index (κ1) is 16.2. The minimum Gasteiger partial charge on any atom is -0.445 e. The molecule has 6 heteroatoms. The Morgan fingerprint density at radius 1 is 1.30 bits per heavy atom. The summed E-state index contributed by atoms with van der Waals surface area (Å²) in [5.41, 5.74) is 0.378. The van der Waals surface area contributed by atoms with E-state index in [1.54, 1.807) is 4.90 Å². The maximum atomic E-state index is 12.3. The summed E-state index contributed by atoms with van der Waals surface area (Å²) >= 11 is 0. The van der Waals surface area contributed by atoms with E-state index < -0.39 is 17.8 Å². The van der Waals surface area contributed by atoms with Gasteiger partial charge in [-0.3, -0.25) is 0 Å². The molecule has 2 aliphatic rings. The van der Waals surface area contributed by atoms with Crippen molar-refractivity contribution in [2.45, 2.75) is 43.7 Å². The second-order valence-electron chi connectivity index (χ2n) is 6.40. The van der Waals surface area contributed by atoms with Gasteiger partial charge in [0.1, 0.15) is 12.7 Å². The van der Waals surface area contributed by atoms with E-state index in [4.69, 9.17) is 9.47 Å². The van der Waals surface area contributed by atoms with Crippen LogP contribution in [0.25, 0.3) is 0 Å². The SMILES string of the molecule is O=C(OCc1ccccc1)N1CCCC2(C[C@H](O)[C@H](O)CO2)C1. The van der Waals surface area contributed by atoms with Crippen molar-refractivity contribution in [1.82, 2.24) is 4.90 Å². The van der Waals surface area contributed by atoms with Gasteiger partial charge in [-0.2, -0.15) is 0 Å². The van der Waals surface area contributed by atoms with Crippen LogP contribution in [0.5, 0.6) is 0 Å². The topological polar surface area (TPSA) is 79.2 Å². The number of aliphatic hydroxyl groups is 2. The van der Waals surface area contributed by atoms with Gasteiger partial charge >= 0.3 is 6.09 Å². The number of nitrogens with zero attached hydrogens (tertiary/aromatic N) is 1. The zero-order chi connectivity index (χ0) is 16.3. The summed E-state index contributed by atoms with van der Waals surface area (Å²) in [6, 6.07) is 9.54. The molecular formula is C17H23NO5. The van der Waals surface area contributed by atoms with E-state index in [2.05, 4.69) is 0 Å². The molecule has 126 valence electrons. The number of likely N-dealkylation sites (tertiary alicyclic amines) is 1. The Kier molecular flexibility index (Phi) is 4.84. The summed E-state index contributed by atoms with van der Waals surface area (Å²) in [4.78, 5) is 13.9. The molecule has 2 N–H and O–H groups in total. The number of hydrogen-bond donors (Lipinski definition) is 2. The molecular weight excluding hydrogens is 298 g/mol. The van der Waals surface area contributed by atoms with Gasteiger partial charge in [0.2, 0.25) is 0 Å². The molecule has 0 aliphatic carbocycles. The first-order valence-electron chi connectivity index (χ1n) is 8.04. The maximum absolute atomic E-state index is 12.3. The van der Waals surface area contributed by atoms with Gasteiger partial charge in [-0.15, -0.1) is 0 Å². The van der Waals surface area contributed by atoms with E-state index in [1.807, 2.05) is 30.3 Å². The van der Waals surface area contributed by atoms with Crippen molar-refractivity contribution in [3.63, 3.8) is 0 Å². The quantitative estimate of drug-likeness (QED) is 0.858. The van der Waals surface area contributed by atoms with Crippen LogP contribution in [0.3, 0.4) is 0 Å². The van der Waals surface area contributed by atoms with Gasteiger partial charge in [0, 0.05) is 13.0 Å². The number of carbonyl (C=O) groups is 1. The molecule has 1 amide bonds. The first-order valence-corrected chi connectivity index (χ1v) is 8.04. The molecule has 0 radical (unpaired) electrons. The van der Waals surface area contributed by atoms with E-state index in [0.29, 0.717) is 19.5 Å². The lowest BCUT2D eigenvalue weighted by Gasteiger charge is -2.46. The molecule has 2 heterocycles. The van der Waals surface area contributed by atoms with Crippen molar-refractivity contribution >= 4 is 6.09 Å². The highest BCUT2D eigenvalue weighted by Gasteiger charge is 2.44. The zero-order valence-electron chi connectivity index (χ0n) is 13.1. The number of piperidine rings is 1. The molecule has 3 rings (SSSR count). The van der Waals surface area contributed by atoms with Crippen LogP contribution in [0, 0.1) is 0 Å². The molecule has 2 aliphatic heterocycles. The van der Waals surface area contributed by atoms with E-state index in [1.165, 1.54) is 0 Å². The summed E-state index contributed by atoms with van der Waals surface area (Å²) < 4.78 is 11.1. The maximum Gasteiger partial charge on any atom is 0.410 e. The predicted molar refractivity (Wildman–Crippen MR) is 82.7 cm³/mol. The third-order valence-corrected chi connectivity index (χ3v) is 4.59. The van der Waals surface area contributed by atoms with Gasteiger partial charge in [0.25, 0.3) is 0 Å². The van der Waals surface area contributed by atoms with Gasteiger partial charge in [-0.25, -0.2) is 4.79 Å². The number of rotatable bonds is 2. The average Bonchev–Trinajstić information content (AvgIpc) is 2.57. The Morgan fingerprint density at radius 2 is 2.09 bits per heavy atom. The highest BCUT2D eigenvalue weighted by atomic mass is 16.6. The number of carbonyl (C=O) groups excluding carboxylic acids is 1. The molecule has 23 heavy (non-hydrogen) atoms. The van der Waals surface area contributed by atoms with Crippen LogP contribution in [0.15, 0.2) is 30.3 Å². The Hall–Kier alpha value is -1.63. The lowest BCUT2D eigenvalue weighted by atomic mass is 9.84. The predicted octanol–water partition coefficient (Wildman–Crippen LogP) is 1.30. The van der Waals surface area contributed by atoms with Gasteiger partial charge < -0.3 is 24.6 Å². The van der Waals surface area contributed by atoms with Gasteiger partial charge in [0.05, 0.1) is 24.9 Å². The summed E-state index contributed by atoms with van der Waals surface area (Å²) in [5, 5.41) is 19.5. The van der Waals surface area contributed by atoms with Crippen LogP contribution in [0.1, 0.15) is 24.8 Å². The van der Waals surface area contributed by atoms with Crippen LogP contribution in [0.4, 0.5) is 4.79 Å². The molecule has 2 saturated heterocycles. The fourth-order valence-corrected chi connectivity index (χ4v) is 3.30.